The molecule has 3 rings (SSSR count). The van der Waals surface area contributed by atoms with Crippen molar-refractivity contribution in [2.24, 2.45) is 0 Å². The molecule has 0 spiro atoms. The van der Waals surface area contributed by atoms with Gasteiger partial charge in [0.15, 0.2) is 0 Å². The number of carbonyl (C=O) groups is 1. The topological polar surface area (TPSA) is 43.6 Å². The van der Waals surface area contributed by atoms with Gasteiger partial charge in [-0.15, -0.1) is 0 Å². The Labute approximate surface area is 126 Å². The number of benzene rings is 1. The molecule has 0 unspecified atom stereocenters. The monoisotopic (exact) mass is 300 g/mol. The van der Waals surface area contributed by atoms with Gasteiger partial charge in [-0.1, -0.05) is 23.7 Å². The molecule has 0 atom stereocenters. The molecule has 4 nitrogen and oxygen atoms in total. The van der Waals surface area contributed by atoms with Crippen LogP contribution in [0.25, 0.3) is 5.65 Å². The molecular weight excluding hydrogens is 288 g/mol. The molecule has 2 aromatic heterocycles. The van der Waals surface area contributed by atoms with Gasteiger partial charge in [-0.05, 0) is 29.8 Å². The summed E-state index contributed by atoms with van der Waals surface area (Å²) >= 11 is 5.98. The third kappa shape index (κ3) is 2.90. The minimum Gasteiger partial charge on any atom is -0.465 e. The van der Waals surface area contributed by atoms with Gasteiger partial charge in [-0.25, -0.2) is 9.78 Å². The number of pyridine rings is 1. The highest BCUT2D eigenvalue weighted by Gasteiger charge is 2.08. The van der Waals surface area contributed by atoms with Crippen molar-refractivity contribution < 1.29 is 9.53 Å². The fraction of sp³-hybridized carbons (Fsp3) is 0.125. The van der Waals surface area contributed by atoms with Gasteiger partial charge in [0.2, 0.25) is 0 Å². The van der Waals surface area contributed by atoms with Crippen LogP contribution in [-0.4, -0.2) is 22.5 Å². The van der Waals surface area contributed by atoms with Gasteiger partial charge < -0.3 is 9.14 Å². The first-order chi connectivity index (χ1) is 10.2. The number of aromatic nitrogens is 2. The van der Waals surface area contributed by atoms with Crippen LogP contribution < -0.4 is 0 Å². The Balaban J connectivity index is 1.92. The summed E-state index contributed by atoms with van der Waals surface area (Å²) in [5.74, 6) is -0.359. The van der Waals surface area contributed by atoms with E-state index in [0.29, 0.717) is 17.0 Å². The predicted octanol–water partition coefficient (Wildman–Crippen LogP) is 3.37. The second kappa shape index (κ2) is 5.58. The summed E-state index contributed by atoms with van der Waals surface area (Å²) < 4.78 is 6.54. The number of fused-ring (bicyclic) bond motifs is 1. The lowest BCUT2D eigenvalue weighted by molar-refractivity contribution is 0.0600. The number of methoxy groups -OCH3 is 1. The van der Waals surface area contributed by atoms with Gasteiger partial charge in [0, 0.05) is 23.8 Å². The SMILES string of the molecule is COC(=O)c1ccc2nc(Cc3cccc(Cl)c3)cn2c1. The first-order valence-electron chi connectivity index (χ1n) is 6.46. The summed E-state index contributed by atoms with van der Waals surface area (Å²) in [6, 6.07) is 11.2. The smallest absolute Gasteiger partial charge is 0.339 e. The number of rotatable bonds is 3. The van der Waals surface area contributed by atoms with E-state index in [1.807, 2.05) is 34.9 Å². The maximum Gasteiger partial charge on any atom is 0.339 e. The van der Waals surface area contributed by atoms with Crippen LogP contribution in [0.15, 0.2) is 48.8 Å². The molecule has 0 N–H and O–H groups in total. The highest BCUT2D eigenvalue weighted by Crippen LogP contribution is 2.15. The minimum absolute atomic E-state index is 0.359. The van der Waals surface area contributed by atoms with Gasteiger partial charge >= 0.3 is 5.97 Å². The molecule has 0 saturated heterocycles. The van der Waals surface area contributed by atoms with Crippen LogP contribution in [0.4, 0.5) is 0 Å². The standard InChI is InChI=1S/C16H13ClN2O2/c1-21-16(20)12-5-6-15-18-14(10-19(15)9-12)8-11-3-2-4-13(17)7-11/h2-7,9-10H,8H2,1H3. The van der Waals surface area contributed by atoms with Gasteiger partial charge in [-0.3, -0.25) is 0 Å². The molecule has 0 aliphatic heterocycles. The van der Waals surface area contributed by atoms with Crippen LogP contribution in [0.2, 0.25) is 5.02 Å². The van der Waals surface area contributed by atoms with Crippen LogP contribution in [0, 0.1) is 0 Å². The van der Waals surface area contributed by atoms with E-state index in [0.717, 1.165) is 16.9 Å². The van der Waals surface area contributed by atoms with E-state index in [9.17, 15) is 4.79 Å². The number of carbonyl (C=O) groups excluding carboxylic acids is 1. The molecule has 1 aromatic carbocycles. The van der Waals surface area contributed by atoms with Gasteiger partial charge in [-0.2, -0.15) is 0 Å². The van der Waals surface area contributed by atoms with Crippen molar-refractivity contribution in [1.82, 2.24) is 9.38 Å². The van der Waals surface area contributed by atoms with E-state index in [-0.39, 0.29) is 5.97 Å². The Bertz CT molecular complexity index is 811. The summed E-state index contributed by atoms with van der Waals surface area (Å²) in [7, 11) is 1.37. The molecule has 0 amide bonds. The number of esters is 1. The molecular formula is C16H13ClN2O2. The van der Waals surface area contributed by atoms with Crippen LogP contribution in [-0.2, 0) is 11.2 Å². The molecule has 0 aliphatic rings. The van der Waals surface area contributed by atoms with E-state index in [1.165, 1.54) is 7.11 Å². The Morgan fingerprint density at radius 1 is 1.29 bits per heavy atom. The summed E-state index contributed by atoms with van der Waals surface area (Å²) in [5, 5.41) is 0.712. The number of hydrogen-bond acceptors (Lipinski definition) is 3. The number of halogens is 1. The highest BCUT2D eigenvalue weighted by atomic mass is 35.5. The fourth-order valence-corrected chi connectivity index (χ4v) is 2.44. The maximum absolute atomic E-state index is 11.5. The zero-order valence-electron chi connectivity index (χ0n) is 11.4. The van der Waals surface area contributed by atoms with E-state index in [2.05, 4.69) is 4.98 Å². The first-order valence-corrected chi connectivity index (χ1v) is 6.84. The van der Waals surface area contributed by atoms with Gasteiger partial charge in [0.1, 0.15) is 5.65 Å². The molecule has 0 fully saturated rings. The lowest BCUT2D eigenvalue weighted by Crippen LogP contribution is -2.02. The molecule has 0 saturated carbocycles. The van der Waals surface area contributed by atoms with E-state index in [4.69, 9.17) is 16.3 Å². The van der Waals surface area contributed by atoms with Gasteiger partial charge in [0.05, 0.1) is 18.4 Å². The van der Waals surface area contributed by atoms with Crippen molar-refractivity contribution in [2.75, 3.05) is 7.11 Å². The molecule has 0 bridgehead atoms. The summed E-state index contributed by atoms with van der Waals surface area (Å²) in [6.07, 6.45) is 4.31. The number of ether oxygens (including phenoxy) is 1. The average Bonchev–Trinajstić information content (AvgIpc) is 2.87. The number of imidazole rings is 1. The predicted molar refractivity (Wildman–Crippen MR) is 80.8 cm³/mol. The lowest BCUT2D eigenvalue weighted by Gasteiger charge is -1.99. The molecule has 106 valence electrons. The van der Waals surface area contributed by atoms with Crippen molar-refractivity contribution >= 4 is 23.2 Å². The highest BCUT2D eigenvalue weighted by molar-refractivity contribution is 6.30. The van der Waals surface area contributed by atoms with Crippen molar-refractivity contribution in [3.8, 4) is 0 Å². The molecule has 0 aliphatic carbocycles. The number of nitrogens with zero attached hydrogens (tertiary/aromatic N) is 2. The van der Waals surface area contributed by atoms with Crippen molar-refractivity contribution in [2.45, 2.75) is 6.42 Å². The zero-order chi connectivity index (χ0) is 14.8. The van der Waals surface area contributed by atoms with Gasteiger partial charge in [0.25, 0.3) is 0 Å². The van der Waals surface area contributed by atoms with E-state index < -0.39 is 0 Å². The summed E-state index contributed by atoms with van der Waals surface area (Å²) in [4.78, 5) is 16.1. The second-order valence-electron chi connectivity index (χ2n) is 4.71. The third-order valence-corrected chi connectivity index (χ3v) is 3.43. The zero-order valence-corrected chi connectivity index (χ0v) is 12.2. The first kappa shape index (κ1) is 13.6. The lowest BCUT2D eigenvalue weighted by atomic mass is 10.1. The summed E-state index contributed by atoms with van der Waals surface area (Å²) in [5.41, 5.74) is 3.30. The van der Waals surface area contributed by atoms with Crippen LogP contribution >= 0.6 is 11.6 Å². The van der Waals surface area contributed by atoms with E-state index >= 15 is 0 Å². The Morgan fingerprint density at radius 3 is 2.90 bits per heavy atom. The largest absolute Gasteiger partial charge is 0.465 e. The van der Waals surface area contributed by atoms with Crippen LogP contribution in [0.1, 0.15) is 21.6 Å². The maximum atomic E-state index is 11.5. The quantitative estimate of drug-likeness (QED) is 0.697. The number of hydrogen-bond donors (Lipinski definition) is 0. The molecule has 21 heavy (non-hydrogen) atoms. The molecule has 2 heterocycles. The molecule has 3 aromatic rings. The Hall–Kier alpha value is -2.33. The van der Waals surface area contributed by atoms with Crippen molar-refractivity contribution in [3.05, 3.63) is 70.6 Å². The van der Waals surface area contributed by atoms with Crippen LogP contribution in [0.3, 0.4) is 0 Å². The Kier molecular flexibility index (Phi) is 3.62. The normalized spacial score (nSPS) is 10.8. The summed E-state index contributed by atoms with van der Waals surface area (Å²) in [6.45, 7) is 0. The fourth-order valence-electron chi connectivity index (χ4n) is 2.22. The van der Waals surface area contributed by atoms with E-state index in [1.54, 1.807) is 18.3 Å². The van der Waals surface area contributed by atoms with Crippen molar-refractivity contribution in [3.63, 3.8) is 0 Å². The van der Waals surface area contributed by atoms with Crippen LogP contribution in [0.5, 0.6) is 0 Å². The third-order valence-electron chi connectivity index (χ3n) is 3.20. The molecule has 0 radical (unpaired) electrons. The second-order valence-corrected chi connectivity index (χ2v) is 5.15. The Morgan fingerprint density at radius 2 is 2.14 bits per heavy atom. The van der Waals surface area contributed by atoms with Crippen molar-refractivity contribution in [1.29, 1.82) is 0 Å². The molecule has 5 heteroatoms. The average molecular weight is 301 g/mol. The minimum atomic E-state index is -0.359.